The van der Waals surface area contributed by atoms with Crippen molar-refractivity contribution in [1.82, 2.24) is 0 Å². The SMILES string of the molecule is C[NH2+][C@H]1CC[NH+](C)C1. The molecule has 48 valence electrons. The Hall–Kier alpha value is -0.0800. The third-order valence-corrected chi connectivity index (χ3v) is 2.02. The molecule has 1 unspecified atom stereocenters. The fourth-order valence-corrected chi connectivity index (χ4v) is 1.37. The van der Waals surface area contributed by atoms with Crippen LogP contribution < -0.4 is 10.2 Å². The maximum absolute atomic E-state index is 2.33. The van der Waals surface area contributed by atoms with Gasteiger partial charge in [-0.1, -0.05) is 0 Å². The first-order valence-corrected chi connectivity index (χ1v) is 3.43. The highest BCUT2D eigenvalue weighted by atomic mass is 15.2. The fraction of sp³-hybridized carbons (Fsp3) is 1.00. The molecule has 2 nitrogen and oxygen atoms in total. The van der Waals surface area contributed by atoms with Crippen molar-refractivity contribution in [3.63, 3.8) is 0 Å². The first kappa shape index (κ1) is 6.05. The zero-order valence-electron chi connectivity index (χ0n) is 5.78. The van der Waals surface area contributed by atoms with Crippen LogP contribution in [0.4, 0.5) is 0 Å². The number of likely N-dealkylation sites (N-methyl/N-ethyl adjacent to an activating group) is 2. The molecule has 2 atom stereocenters. The number of likely N-dealkylation sites (tertiary alicyclic amines) is 1. The second-order valence-corrected chi connectivity index (χ2v) is 2.79. The second kappa shape index (κ2) is 2.46. The number of nitrogens with one attached hydrogen (secondary N) is 1. The van der Waals surface area contributed by atoms with Gasteiger partial charge >= 0.3 is 0 Å². The van der Waals surface area contributed by atoms with Gasteiger partial charge in [0.1, 0.15) is 12.6 Å². The summed E-state index contributed by atoms with van der Waals surface area (Å²) in [6, 6.07) is 0.912. The van der Waals surface area contributed by atoms with Crippen LogP contribution in [0.1, 0.15) is 6.42 Å². The van der Waals surface area contributed by atoms with Crippen molar-refractivity contribution >= 4 is 0 Å². The Bertz CT molecular complexity index is 72.9. The average Bonchev–Trinajstić information content (AvgIpc) is 2.14. The molecule has 0 amide bonds. The number of quaternary nitrogens is 2. The Balaban J connectivity index is 2.22. The van der Waals surface area contributed by atoms with Gasteiger partial charge in [0.2, 0.25) is 0 Å². The lowest BCUT2D eigenvalue weighted by Gasteiger charge is -2.02. The summed E-state index contributed by atoms with van der Waals surface area (Å²) < 4.78 is 0. The van der Waals surface area contributed by atoms with Gasteiger partial charge in [0.15, 0.2) is 0 Å². The predicted octanol–water partition coefficient (Wildman–Crippen LogP) is -2.53. The van der Waals surface area contributed by atoms with Crippen molar-refractivity contribution in [3.05, 3.63) is 0 Å². The minimum absolute atomic E-state index is 0.912. The highest BCUT2D eigenvalue weighted by Gasteiger charge is 2.23. The molecule has 2 heteroatoms. The van der Waals surface area contributed by atoms with Crippen LogP contribution >= 0.6 is 0 Å². The first-order chi connectivity index (χ1) is 3.83. The summed E-state index contributed by atoms with van der Waals surface area (Å²) >= 11 is 0. The van der Waals surface area contributed by atoms with E-state index in [1.807, 2.05) is 0 Å². The summed E-state index contributed by atoms with van der Waals surface area (Å²) in [5, 5.41) is 2.33. The van der Waals surface area contributed by atoms with Gasteiger partial charge in [-0.2, -0.15) is 0 Å². The molecule has 8 heavy (non-hydrogen) atoms. The lowest BCUT2D eigenvalue weighted by molar-refractivity contribution is -0.876. The molecule has 0 aromatic carbocycles. The summed E-state index contributed by atoms with van der Waals surface area (Å²) in [6.07, 6.45) is 1.41. The Morgan fingerprint density at radius 3 is 2.62 bits per heavy atom. The van der Waals surface area contributed by atoms with E-state index in [0.29, 0.717) is 0 Å². The molecule has 1 saturated heterocycles. The summed E-state index contributed by atoms with van der Waals surface area (Å²) in [4.78, 5) is 1.69. The summed E-state index contributed by atoms with van der Waals surface area (Å²) in [7, 11) is 4.44. The molecule has 0 bridgehead atoms. The number of rotatable bonds is 1. The van der Waals surface area contributed by atoms with E-state index < -0.39 is 0 Å². The van der Waals surface area contributed by atoms with Gasteiger partial charge in [-0.05, 0) is 0 Å². The van der Waals surface area contributed by atoms with Gasteiger partial charge in [0.25, 0.3) is 0 Å². The van der Waals surface area contributed by atoms with E-state index in [1.54, 1.807) is 4.90 Å². The normalized spacial score (nSPS) is 38.2. The van der Waals surface area contributed by atoms with Gasteiger partial charge in [-0.3, -0.25) is 0 Å². The van der Waals surface area contributed by atoms with E-state index in [0.717, 1.165) is 6.04 Å². The number of nitrogens with two attached hydrogens (primary N) is 1. The highest BCUT2D eigenvalue weighted by molar-refractivity contribution is 4.55. The standard InChI is InChI=1S/C6H14N2/c1-7-6-3-4-8(2)5-6/h6-7H,3-5H2,1-2H3/p+2/t6-/m0/s1. The molecule has 0 spiro atoms. The molecule has 1 heterocycles. The molecule has 1 fully saturated rings. The predicted molar refractivity (Wildman–Crippen MR) is 32.9 cm³/mol. The van der Waals surface area contributed by atoms with E-state index in [1.165, 1.54) is 19.5 Å². The molecule has 3 N–H and O–H groups in total. The van der Waals surface area contributed by atoms with Crippen molar-refractivity contribution in [2.24, 2.45) is 0 Å². The Kier molecular flexibility index (Phi) is 1.86. The van der Waals surface area contributed by atoms with Crippen LogP contribution in [0.2, 0.25) is 0 Å². The van der Waals surface area contributed by atoms with Gasteiger partial charge < -0.3 is 10.2 Å². The quantitative estimate of drug-likeness (QED) is 0.377. The zero-order chi connectivity index (χ0) is 5.98. The van der Waals surface area contributed by atoms with Crippen LogP contribution in [0.5, 0.6) is 0 Å². The van der Waals surface area contributed by atoms with Crippen LogP contribution in [0.25, 0.3) is 0 Å². The molecule has 0 aromatic heterocycles. The van der Waals surface area contributed by atoms with Gasteiger partial charge in [-0.15, -0.1) is 0 Å². The molecular formula is C6H16N2+2. The van der Waals surface area contributed by atoms with Crippen molar-refractivity contribution in [2.45, 2.75) is 12.5 Å². The van der Waals surface area contributed by atoms with Crippen molar-refractivity contribution in [1.29, 1.82) is 0 Å². The van der Waals surface area contributed by atoms with E-state index in [2.05, 4.69) is 19.4 Å². The second-order valence-electron chi connectivity index (χ2n) is 2.79. The molecule has 1 rings (SSSR count). The van der Waals surface area contributed by atoms with Crippen molar-refractivity contribution < 1.29 is 10.2 Å². The third-order valence-electron chi connectivity index (χ3n) is 2.02. The van der Waals surface area contributed by atoms with Crippen LogP contribution in [0.15, 0.2) is 0 Å². The lowest BCUT2D eigenvalue weighted by Crippen LogP contribution is -3.09. The Morgan fingerprint density at radius 1 is 1.62 bits per heavy atom. The largest absolute Gasteiger partial charge is 0.341 e. The van der Waals surface area contributed by atoms with E-state index in [9.17, 15) is 0 Å². The van der Waals surface area contributed by atoms with Crippen LogP contribution in [-0.2, 0) is 0 Å². The highest BCUT2D eigenvalue weighted by Crippen LogP contribution is 1.83. The Morgan fingerprint density at radius 2 is 2.38 bits per heavy atom. The average molecular weight is 116 g/mol. The van der Waals surface area contributed by atoms with E-state index in [-0.39, 0.29) is 0 Å². The molecule has 1 aliphatic heterocycles. The molecule has 0 aliphatic carbocycles. The van der Waals surface area contributed by atoms with Gasteiger partial charge in [0.05, 0.1) is 27.1 Å². The molecule has 0 radical (unpaired) electrons. The van der Waals surface area contributed by atoms with Crippen LogP contribution in [0, 0.1) is 0 Å². The third kappa shape index (κ3) is 1.20. The van der Waals surface area contributed by atoms with Crippen LogP contribution in [0.3, 0.4) is 0 Å². The Labute approximate surface area is 50.9 Å². The maximum atomic E-state index is 2.33. The minimum atomic E-state index is 0.912. The van der Waals surface area contributed by atoms with Crippen LogP contribution in [-0.4, -0.2) is 33.2 Å². The summed E-state index contributed by atoms with van der Waals surface area (Å²) in [5.41, 5.74) is 0. The summed E-state index contributed by atoms with van der Waals surface area (Å²) in [5.74, 6) is 0. The zero-order valence-corrected chi connectivity index (χ0v) is 5.78. The minimum Gasteiger partial charge on any atom is -0.341 e. The van der Waals surface area contributed by atoms with E-state index >= 15 is 0 Å². The molecule has 1 aliphatic rings. The molecule has 0 aromatic rings. The smallest absolute Gasteiger partial charge is 0.141 e. The van der Waals surface area contributed by atoms with Crippen molar-refractivity contribution in [2.75, 3.05) is 27.2 Å². The van der Waals surface area contributed by atoms with Crippen molar-refractivity contribution in [3.8, 4) is 0 Å². The van der Waals surface area contributed by atoms with Gasteiger partial charge in [0, 0.05) is 0 Å². The monoisotopic (exact) mass is 116 g/mol. The molecular weight excluding hydrogens is 100 g/mol. The maximum Gasteiger partial charge on any atom is 0.141 e. The van der Waals surface area contributed by atoms with E-state index in [4.69, 9.17) is 0 Å². The first-order valence-electron chi connectivity index (χ1n) is 3.43. The van der Waals surface area contributed by atoms with Gasteiger partial charge in [-0.25, -0.2) is 0 Å². The fourth-order valence-electron chi connectivity index (χ4n) is 1.37. The topological polar surface area (TPSA) is 21.1 Å². The number of hydrogen-bond acceptors (Lipinski definition) is 0. The number of hydrogen-bond donors (Lipinski definition) is 2. The summed E-state index contributed by atoms with van der Waals surface area (Å²) in [6.45, 7) is 2.73. The molecule has 0 saturated carbocycles. The lowest BCUT2D eigenvalue weighted by atomic mass is 10.3.